The molecule has 1 heterocycles. The fourth-order valence-corrected chi connectivity index (χ4v) is 1.29. The summed E-state index contributed by atoms with van der Waals surface area (Å²) in [5.41, 5.74) is 0.361. The first-order valence-electron chi connectivity index (χ1n) is 4.02. The summed E-state index contributed by atoms with van der Waals surface area (Å²) in [6, 6.07) is 3.30. The summed E-state index contributed by atoms with van der Waals surface area (Å²) < 4.78 is 0.0797. The van der Waals surface area contributed by atoms with Gasteiger partial charge in [-0.25, -0.2) is 0 Å². The number of alkyl halides is 2. The van der Waals surface area contributed by atoms with E-state index in [9.17, 15) is 4.79 Å². The zero-order chi connectivity index (χ0) is 10.9. The molecule has 0 aliphatic carbocycles. The van der Waals surface area contributed by atoms with Gasteiger partial charge in [0.15, 0.2) is 4.33 Å². The Labute approximate surface area is 126 Å². The molecule has 15 heavy (non-hydrogen) atoms. The molecule has 6 heteroatoms. The van der Waals surface area contributed by atoms with Crippen LogP contribution in [-0.2, 0) is 32.7 Å². The molecule has 2 nitrogen and oxygen atoms in total. The molecule has 0 bridgehead atoms. The van der Waals surface area contributed by atoms with Crippen molar-refractivity contribution in [3.8, 4) is 0 Å². The number of hydrogen-bond donors (Lipinski definition) is 0. The van der Waals surface area contributed by atoms with Crippen LogP contribution in [0.4, 0.5) is 0 Å². The maximum Gasteiger partial charge on any atom is 0.214 e. The molecule has 0 fully saturated rings. The van der Waals surface area contributed by atoms with Gasteiger partial charge in [0, 0.05) is 38.9 Å². The summed E-state index contributed by atoms with van der Waals surface area (Å²) in [7, 11) is 5.55. The Bertz CT molecular complexity index is 346. The number of nitrogens with zero attached hydrogens (tertiary/aromatic N) is 1. The molecule has 1 atom stereocenters. The van der Waals surface area contributed by atoms with Gasteiger partial charge in [-0.05, 0) is 19.1 Å². The van der Waals surface area contributed by atoms with Gasteiger partial charge in [0.25, 0.3) is 0 Å². The summed E-state index contributed by atoms with van der Waals surface area (Å²) in [5.74, 6) is -0.912. The largest absolute Gasteiger partial charge is 0.380 e. The topological polar surface area (TPSA) is 22.0 Å². The molecule has 0 saturated heterocycles. The molecular weight excluding hydrogens is 309 g/mol. The van der Waals surface area contributed by atoms with Crippen LogP contribution < -0.4 is 0 Å². The van der Waals surface area contributed by atoms with Crippen LogP contribution in [0.1, 0.15) is 23.4 Å². The van der Waals surface area contributed by atoms with Crippen molar-refractivity contribution in [1.82, 2.24) is 4.57 Å². The number of carbonyl (C=O) groups is 1. The van der Waals surface area contributed by atoms with Crippen molar-refractivity contribution in [2.45, 2.75) is 17.2 Å². The van der Waals surface area contributed by atoms with E-state index in [1.807, 2.05) is 0 Å². The summed E-state index contributed by atoms with van der Waals surface area (Å²) in [5, 5.41) is 0. The molecular formula is C9H9BCl2NOY-. The number of ketones is 1. The Morgan fingerprint density at radius 2 is 2.20 bits per heavy atom. The van der Waals surface area contributed by atoms with E-state index in [-0.39, 0.29) is 38.5 Å². The molecule has 1 unspecified atom stereocenters. The number of carbonyl (C=O) groups excluding carboxylic acids is 1. The molecule has 0 saturated carbocycles. The van der Waals surface area contributed by atoms with Gasteiger partial charge in [-0.2, -0.15) is 0 Å². The molecule has 0 aliphatic rings. The van der Waals surface area contributed by atoms with Crippen LogP contribution in [0.25, 0.3) is 0 Å². The standard InChI is InChI=1S/C9H9BCl2NO.Y/c1-6(10)13-5-3-4-7(13)8(14)9(2,11)12;/h3-6H,1H2,2H3;/q-1;. The molecule has 3 radical (unpaired) electrons. The van der Waals surface area contributed by atoms with Crippen LogP contribution >= 0.6 is 23.2 Å². The van der Waals surface area contributed by atoms with E-state index in [1.165, 1.54) is 11.5 Å². The van der Waals surface area contributed by atoms with E-state index in [2.05, 4.69) is 6.92 Å². The third-order valence-electron chi connectivity index (χ3n) is 1.77. The van der Waals surface area contributed by atoms with Crippen molar-refractivity contribution in [2.24, 2.45) is 0 Å². The minimum absolute atomic E-state index is 0. The quantitative estimate of drug-likeness (QED) is 0.363. The first-order valence-corrected chi connectivity index (χ1v) is 4.77. The molecule has 1 rings (SSSR count). The molecule has 0 N–H and O–H groups in total. The first kappa shape index (κ1) is 15.7. The number of Topliss-reactive ketones (excluding diaryl/α,β-unsaturated/α-hetero) is 1. The average Bonchev–Trinajstić information content (AvgIpc) is 2.48. The number of rotatable bonds is 3. The first-order chi connectivity index (χ1) is 6.34. The second-order valence-corrected chi connectivity index (χ2v) is 4.79. The summed E-state index contributed by atoms with van der Waals surface area (Å²) in [6.45, 7) is 5.03. The predicted molar refractivity (Wildman–Crippen MR) is 59.0 cm³/mol. The third-order valence-corrected chi connectivity index (χ3v) is 2.11. The fourth-order valence-electron chi connectivity index (χ4n) is 1.10. The normalized spacial score (nSPS) is 13.1. The Hall–Kier alpha value is 0.699. The molecule has 77 valence electrons. The molecule has 1 aromatic heterocycles. The summed E-state index contributed by atoms with van der Waals surface area (Å²) in [4.78, 5) is 11.7. The minimum Gasteiger partial charge on any atom is -0.380 e. The molecule has 0 amide bonds. The van der Waals surface area contributed by atoms with Crippen LogP contribution in [0.5, 0.6) is 0 Å². The molecule has 0 aromatic carbocycles. The third kappa shape index (κ3) is 3.89. The Balaban J connectivity index is 0.00000196. The van der Waals surface area contributed by atoms with Crippen molar-refractivity contribution < 1.29 is 37.5 Å². The second kappa shape index (κ2) is 5.86. The Morgan fingerprint density at radius 1 is 1.67 bits per heavy atom. The summed E-state index contributed by atoms with van der Waals surface area (Å²) in [6.07, 6.45) is 1.66. The number of aromatic nitrogens is 1. The van der Waals surface area contributed by atoms with Gasteiger partial charge >= 0.3 is 0 Å². The van der Waals surface area contributed by atoms with Crippen molar-refractivity contribution in [3.63, 3.8) is 0 Å². The predicted octanol–water partition coefficient (Wildman–Crippen LogP) is 2.36. The van der Waals surface area contributed by atoms with Gasteiger partial charge in [-0.3, -0.25) is 4.79 Å². The van der Waals surface area contributed by atoms with E-state index in [0.717, 1.165) is 0 Å². The van der Waals surface area contributed by atoms with Gasteiger partial charge < -0.3 is 11.5 Å². The van der Waals surface area contributed by atoms with Gasteiger partial charge in [-0.15, -0.1) is 5.94 Å². The van der Waals surface area contributed by atoms with E-state index < -0.39 is 10.3 Å². The molecule has 0 spiro atoms. The molecule has 0 aliphatic heterocycles. The monoisotopic (exact) mass is 317 g/mol. The van der Waals surface area contributed by atoms with Crippen LogP contribution in [-0.4, -0.2) is 22.5 Å². The van der Waals surface area contributed by atoms with Crippen molar-refractivity contribution in [2.75, 3.05) is 0 Å². The van der Waals surface area contributed by atoms with E-state index in [0.29, 0.717) is 5.69 Å². The Morgan fingerprint density at radius 3 is 2.60 bits per heavy atom. The average molecular weight is 318 g/mol. The molecule has 1 aromatic rings. The zero-order valence-electron chi connectivity index (χ0n) is 8.28. The van der Waals surface area contributed by atoms with E-state index in [4.69, 9.17) is 31.0 Å². The van der Waals surface area contributed by atoms with Gasteiger partial charge in [-0.1, -0.05) is 23.2 Å². The Kier molecular flexibility index (Phi) is 6.13. The van der Waals surface area contributed by atoms with Gasteiger partial charge in [0.05, 0.1) is 13.5 Å². The zero-order valence-corrected chi connectivity index (χ0v) is 12.6. The number of hydrogen-bond acceptors (Lipinski definition) is 1. The number of halogens is 2. The minimum atomic E-state index is -1.44. The van der Waals surface area contributed by atoms with Crippen LogP contribution in [0.3, 0.4) is 0 Å². The smallest absolute Gasteiger partial charge is 0.214 e. The van der Waals surface area contributed by atoms with Crippen molar-refractivity contribution >= 4 is 36.8 Å². The second-order valence-electron chi connectivity index (χ2n) is 3.09. The van der Waals surface area contributed by atoms with Gasteiger partial charge in [0.2, 0.25) is 5.78 Å². The maximum absolute atomic E-state index is 11.7. The van der Waals surface area contributed by atoms with Crippen LogP contribution in [0.15, 0.2) is 18.3 Å². The maximum atomic E-state index is 11.7. The fraction of sp³-hybridized carbons (Fsp3) is 0.333. The van der Waals surface area contributed by atoms with Crippen molar-refractivity contribution in [3.05, 3.63) is 30.9 Å². The van der Waals surface area contributed by atoms with E-state index in [1.54, 1.807) is 18.3 Å². The van der Waals surface area contributed by atoms with Gasteiger partial charge in [0.1, 0.15) is 0 Å². The van der Waals surface area contributed by atoms with E-state index >= 15 is 0 Å². The summed E-state index contributed by atoms with van der Waals surface area (Å²) >= 11 is 11.4. The van der Waals surface area contributed by atoms with Crippen LogP contribution in [0, 0.1) is 6.92 Å². The SMILES string of the molecule is [B]C([CH2-])n1cccc1C(=O)C(C)(Cl)Cl.[Y]. The van der Waals surface area contributed by atoms with Crippen LogP contribution in [0.2, 0.25) is 0 Å². The van der Waals surface area contributed by atoms with Crippen molar-refractivity contribution in [1.29, 1.82) is 0 Å².